The van der Waals surface area contributed by atoms with E-state index < -0.39 is 11.9 Å². The number of piperidine rings is 1. The number of aromatic nitrogens is 3. The maximum Gasteiger partial charge on any atom is 0.255 e. The van der Waals surface area contributed by atoms with Crippen molar-refractivity contribution in [2.45, 2.75) is 25.4 Å². The summed E-state index contributed by atoms with van der Waals surface area (Å²) in [4.78, 5) is 39.0. The number of fused-ring (bicyclic) bond motifs is 1. The SMILES string of the molecule is O=C1CCC(N2Cc3c(cccc3-n3cc(-c4ccc(Cl)s4)nn3)C2=O)C(=O)N1. The molecule has 0 spiro atoms. The summed E-state index contributed by atoms with van der Waals surface area (Å²) in [6.07, 6.45) is 2.34. The van der Waals surface area contributed by atoms with Crippen molar-refractivity contribution in [3.8, 4) is 16.3 Å². The van der Waals surface area contributed by atoms with E-state index in [2.05, 4.69) is 15.6 Å². The molecule has 0 saturated carbocycles. The van der Waals surface area contributed by atoms with Crippen LogP contribution in [0.5, 0.6) is 0 Å². The van der Waals surface area contributed by atoms with Gasteiger partial charge in [-0.1, -0.05) is 22.9 Å². The normalized spacial score (nSPS) is 18.9. The summed E-state index contributed by atoms with van der Waals surface area (Å²) in [6.45, 7) is 0.274. The topological polar surface area (TPSA) is 97.2 Å². The lowest BCUT2D eigenvalue weighted by atomic mass is 10.0. The smallest absolute Gasteiger partial charge is 0.255 e. The molecule has 1 N–H and O–H groups in total. The van der Waals surface area contributed by atoms with Gasteiger partial charge >= 0.3 is 0 Å². The fourth-order valence-electron chi connectivity index (χ4n) is 3.73. The number of hydrogen-bond donors (Lipinski definition) is 1. The first kappa shape index (κ1) is 18.0. The molecule has 1 aromatic carbocycles. The quantitative estimate of drug-likeness (QED) is 0.647. The predicted octanol–water partition coefficient (Wildman–Crippen LogP) is 2.41. The van der Waals surface area contributed by atoms with Crippen molar-refractivity contribution >= 4 is 40.7 Å². The number of rotatable bonds is 3. The summed E-state index contributed by atoms with van der Waals surface area (Å²) in [5.74, 6) is -0.955. The summed E-state index contributed by atoms with van der Waals surface area (Å²) in [5, 5.41) is 10.7. The number of thiophene rings is 1. The minimum atomic E-state index is -0.653. The van der Waals surface area contributed by atoms with E-state index in [9.17, 15) is 14.4 Å². The van der Waals surface area contributed by atoms with Crippen molar-refractivity contribution in [1.82, 2.24) is 25.2 Å². The van der Waals surface area contributed by atoms with Gasteiger partial charge in [-0.05, 0) is 30.7 Å². The van der Waals surface area contributed by atoms with Gasteiger partial charge in [0.05, 0.1) is 21.1 Å². The molecule has 4 heterocycles. The van der Waals surface area contributed by atoms with Crippen LogP contribution in [-0.4, -0.2) is 43.7 Å². The Balaban J connectivity index is 1.48. The van der Waals surface area contributed by atoms with Crippen LogP contribution in [0.25, 0.3) is 16.3 Å². The number of nitrogens with zero attached hydrogens (tertiary/aromatic N) is 4. The van der Waals surface area contributed by atoms with E-state index in [4.69, 9.17) is 11.6 Å². The molecule has 0 aliphatic carbocycles. The zero-order valence-electron chi connectivity index (χ0n) is 15.0. The fraction of sp³-hybridized carbons (Fsp3) is 0.211. The summed E-state index contributed by atoms with van der Waals surface area (Å²) >= 11 is 7.41. The number of carbonyl (C=O) groups is 3. The minimum absolute atomic E-state index is 0.221. The molecule has 0 radical (unpaired) electrons. The highest BCUT2D eigenvalue weighted by molar-refractivity contribution is 7.19. The van der Waals surface area contributed by atoms with E-state index in [1.807, 2.05) is 12.1 Å². The van der Waals surface area contributed by atoms with Crippen LogP contribution in [0.15, 0.2) is 36.5 Å². The number of nitrogens with one attached hydrogen (secondary N) is 1. The Morgan fingerprint density at radius 2 is 2.03 bits per heavy atom. The largest absolute Gasteiger partial charge is 0.322 e. The van der Waals surface area contributed by atoms with Gasteiger partial charge in [0, 0.05) is 24.1 Å². The van der Waals surface area contributed by atoms with Crippen LogP contribution in [-0.2, 0) is 16.1 Å². The van der Waals surface area contributed by atoms with Gasteiger partial charge in [-0.15, -0.1) is 16.4 Å². The van der Waals surface area contributed by atoms with Gasteiger partial charge in [-0.2, -0.15) is 0 Å². The monoisotopic (exact) mass is 427 g/mol. The van der Waals surface area contributed by atoms with E-state index >= 15 is 0 Å². The van der Waals surface area contributed by atoms with Crippen molar-refractivity contribution in [3.63, 3.8) is 0 Å². The second-order valence-electron chi connectivity index (χ2n) is 6.86. The second kappa shape index (κ2) is 6.78. The highest BCUT2D eigenvalue weighted by atomic mass is 35.5. The fourth-order valence-corrected chi connectivity index (χ4v) is 4.72. The molecule has 2 aliphatic rings. The summed E-state index contributed by atoms with van der Waals surface area (Å²) < 4.78 is 2.30. The van der Waals surface area contributed by atoms with E-state index in [1.165, 1.54) is 16.2 Å². The molecule has 1 unspecified atom stereocenters. The van der Waals surface area contributed by atoms with Crippen LogP contribution in [0.3, 0.4) is 0 Å². The Labute approximate surface area is 174 Å². The number of imide groups is 1. The van der Waals surface area contributed by atoms with E-state index in [-0.39, 0.29) is 24.8 Å². The molecule has 2 aromatic heterocycles. The number of halogens is 1. The molecule has 1 saturated heterocycles. The zero-order chi connectivity index (χ0) is 20.1. The van der Waals surface area contributed by atoms with Crippen LogP contribution in [0, 0.1) is 0 Å². The summed E-state index contributed by atoms with van der Waals surface area (Å²) in [7, 11) is 0. The van der Waals surface area contributed by atoms with Crippen molar-refractivity contribution in [1.29, 1.82) is 0 Å². The van der Waals surface area contributed by atoms with Gasteiger partial charge in [0.1, 0.15) is 11.7 Å². The van der Waals surface area contributed by atoms with Crippen LogP contribution in [0.1, 0.15) is 28.8 Å². The molecule has 3 aromatic rings. The minimum Gasteiger partial charge on any atom is -0.322 e. The van der Waals surface area contributed by atoms with Crippen molar-refractivity contribution < 1.29 is 14.4 Å². The maximum atomic E-state index is 12.9. The number of hydrogen-bond acceptors (Lipinski definition) is 6. The van der Waals surface area contributed by atoms with E-state index in [1.54, 1.807) is 29.1 Å². The van der Waals surface area contributed by atoms with E-state index in [0.717, 1.165) is 16.1 Å². The van der Waals surface area contributed by atoms with Gasteiger partial charge in [0.15, 0.2) is 0 Å². The molecule has 29 heavy (non-hydrogen) atoms. The first-order valence-electron chi connectivity index (χ1n) is 8.96. The van der Waals surface area contributed by atoms with Crippen LogP contribution in [0.2, 0.25) is 4.34 Å². The zero-order valence-corrected chi connectivity index (χ0v) is 16.5. The highest BCUT2D eigenvalue weighted by Gasteiger charge is 2.40. The first-order chi connectivity index (χ1) is 14.0. The van der Waals surface area contributed by atoms with Crippen molar-refractivity contribution in [2.24, 2.45) is 0 Å². The Hall–Kier alpha value is -3.04. The lowest BCUT2D eigenvalue weighted by molar-refractivity contribution is -0.136. The Kier molecular flexibility index (Phi) is 4.21. The molecule has 10 heteroatoms. The van der Waals surface area contributed by atoms with Gasteiger partial charge in [0.2, 0.25) is 11.8 Å². The van der Waals surface area contributed by atoms with Crippen LogP contribution >= 0.6 is 22.9 Å². The summed E-state index contributed by atoms with van der Waals surface area (Å²) in [5.41, 5.74) is 2.73. The number of carbonyl (C=O) groups excluding carboxylic acids is 3. The van der Waals surface area contributed by atoms with Gasteiger partial charge in [-0.3, -0.25) is 19.7 Å². The lowest BCUT2D eigenvalue weighted by Crippen LogP contribution is -2.52. The molecular formula is C19H14ClN5O3S. The average molecular weight is 428 g/mol. The van der Waals surface area contributed by atoms with Gasteiger partial charge in [0.25, 0.3) is 5.91 Å². The van der Waals surface area contributed by atoms with Crippen LogP contribution in [0.4, 0.5) is 0 Å². The molecule has 3 amide bonds. The third-order valence-corrected chi connectivity index (χ3v) is 6.38. The molecular weight excluding hydrogens is 414 g/mol. The first-order valence-corrected chi connectivity index (χ1v) is 10.2. The Morgan fingerprint density at radius 3 is 2.79 bits per heavy atom. The number of benzene rings is 1. The molecule has 1 atom stereocenters. The molecule has 0 bridgehead atoms. The third-order valence-electron chi connectivity index (χ3n) is 5.12. The summed E-state index contributed by atoms with van der Waals surface area (Å²) in [6, 6.07) is 8.41. The number of amides is 3. The molecule has 2 aliphatic heterocycles. The Bertz CT molecular complexity index is 1170. The molecule has 5 rings (SSSR count). The molecule has 8 nitrogen and oxygen atoms in total. The van der Waals surface area contributed by atoms with Crippen molar-refractivity contribution in [2.75, 3.05) is 0 Å². The van der Waals surface area contributed by atoms with Crippen molar-refractivity contribution in [3.05, 3.63) is 52.0 Å². The highest BCUT2D eigenvalue weighted by Crippen LogP contribution is 2.33. The van der Waals surface area contributed by atoms with Gasteiger partial charge in [-0.25, -0.2) is 4.68 Å². The standard InChI is InChI=1S/C19H14ClN5O3S/c20-16-6-5-15(29-16)12-9-25(23-22-12)13-3-1-2-10-11(13)8-24(19(10)28)14-4-7-17(26)21-18(14)27/h1-3,5-6,9,14H,4,7-8H2,(H,21,26,27). The lowest BCUT2D eigenvalue weighted by Gasteiger charge is -2.29. The molecule has 146 valence electrons. The van der Waals surface area contributed by atoms with Gasteiger partial charge < -0.3 is 4.90 Å². The Morgan fingerprint density at radius 1 is 1.17 bits per heavy atom. The third kappa shape index (κ3) is 3.02. The average Bonchev–Trinajstić information content (AvgIpc) is 3.41. The van der Waals surface area contributed by atoms with Crippen LogP contribution < -0.4 is 5.32 Å². The molecule has 1 fully saturated rings. The maximum absolute atomic E-state index is 12.9. The van der Waals surface area contributed by atoms with E-state index in [0.29, 0.717) is 22.0 Å². The predicted molar refractivity (Wildman–Crippen MR) is 106 cm³/mol. The second-order valence-corrected chi connectivity index (χ2v) is 8.57.